The number of nitrogens with zero attached hydrogens (tertiary/aromatic N) is 1. The lowest BCUT2D eigenvalue weighted by atomic mass is 10.0. The summed E-state index contributed by atoms with van der Waals surface area (Å²) in [6, 6.07) is 0.809. The van der Waals surface area contributed by atoms with Gasteiger partial charge in [0.15, 0.2) is 0 Å². The summed E-state index contributed by atoms with van der Waals surface area (Å²) in [5, 5.41) is 3.49. The van der Waals surface area contributed by atoms with Crippen molar-refractivity contribution in [2.45, 2.75) is 52.6 Å². The molecule has 2 atom stereocenters. The molecule has 2 unspecified atom stereocenters. The molecule has 0 aliphatic carbocycles. The molecule has 1 fully saturated rings. The van der Waals surface area contributed by atoms with E-state index in [1.165, 1.54) is 0 Å². The molecule has 0 aromatic heterocycles. The van der Waals surface area contributed by atoms with E-state index in [0.29, 0.717) is 12.1 Å². The summed E-state index contributed by atoms with van der Waals surface area (Å²) in [6.07, 6.45) is 3.85. The summed E-state index contributed by atoms with van der Waals surface area (Å²) in [6.45, 7) is 10.0. The van der Waals surface area contributed by atoms with Gasteiger partial charge in [-0.05, 0) is 26.7 Å². The lowest BCUT2D eigenvalue weighted by Gasteiger charge is -2.39. The van der Waals surface area contributed by atoms with Crippen molar-refractivity contribution >= 4 is 5.91 Å². The van der Waals surface area contributed by atoms with Crippen molar-refractivity contribution < 1.29 is 4.79 Å². The Balaban J connectivity index is 2.71. The van der Waals surface area contributed by atoms with Crippen molar-refractivity contribution in [1.29, 1.82) is 0 Å². The lowest BCUT2D eigenvalue weighted by molar-refractivity contribution is -0.130. The van der Waals surface area contributed by atoms with Gasteiger partial charge in [-0.2, -0.15) is 0 Å². The van der Waals surface area contributed by atoms with E-state index in [-0.39, 0.29) is 5.91 Å². The third-order valence-corrected chi connectivity index (χ3v) is 3.16. The smallest absolute Gasteiger partial charge is 0.246 e. The first-order chi connectivity index (χ1) is 7.58. The van der Waals surface area contributed by atoms with E-state index in [4.69, 9.17) is 0 Å². The Kier molecular flexibility index (Phi) is 5.00. The van der Waals surface area contributed by atoms with Gasteiger partial charge in [-0.1, -0.05) is 19.4 Å². The summed E-state index contributed by atoms with van der Waals surface area (Å²) < 4.78 is 0. The van der Waals surface area contributed by atoms with E-state index in [1.54, 1.807) is 6.08 Å². The van der Waals surface area contributed by atoms with E-state index >= 15 is 0 Å². The largest absolute Gasteiger partial charge is 0.333 e. The van der Waals surface area contributed by atoms with Crippen LogP contribution in [0.4, 0.5) is 0 Å². The molecule has 1 heterocycles. The molecule has 1 amide bonds. The zero-order valence-electron chi connectivity index (χ0n) is 10.9. The number of hydrogen-bond acceptors (Lipinski definition) is 2. The van der Waals surface area contributed by atoms with Crippen LogP contribution in [0.15, 0.2) is 11.6 Å². The number of nitrogens with one attached hydrogen (secondary N) is 1. The summed E-state index contributed by atoms with van der Waals surface area (Å²) in [7, 11) is 0. The van der Waals surface area contributed by atoms with E-state index in [9.17, 15) is 4.79 Å². The van der Waals surface area contributed by atoms with Crippen molar-refractivity contribution in [2.24, 2.45) is 0 Å². The number of amides is 1. The van der Waals surface area contributed by atoms with Crippen molar-refractivity contribution in [2.75, 3.05) is 13.1 Å². The molecule has 1 N–H and O–H groups in total. The Bertz CT molecular complexity index is 269. The predicted octanol–water partition coefficient (Wildman–Crippen LogP) is 1.94. The summed E-state index contributed by atoms with van der Waals surface area (Å²) in [4.78, 5) is 14.1. The number of allylic oxidation sites excluding steroid dienone is 1. The Morgan fingerprint density at radius 1 is 1.38 bits per heavy atom. The second-order valence-electron chi connectivity index (χ2n) is 4.79. The van der Waals surface area contributed by atoms with Gasteiger partial charge in [-0.3, -0.25) is 4.79 Å². The first-order valence-corrected chi connectivity index (χ1v) is 6.27. The molecule has 0 aromatic carbocycles. The molecular weight excluding hydrogens is 200 g/mol. The molecule has 1 aliphatic rings. The van der Waals surface area contributed by atoms with Crippen LogP contribution in [-0.4, -0.2) is 36.0 Å². The average molecular weight is 224 g/mol. The highest BCUT2D eigenvalue weighted by Crippen LogP contribution is 2.13. The van der Waals surface area contributed by atoms with E-state index in [1.807, 2.05) is 18.7 Å². The minimum Gasteiger partial charge on any atom is -0.333 e. The van der Waals surface area contributed by atoms with Gasteiger partial charge >= 0.3 is 0 Å². The van der Waals surface area contributed by atoms with Gasteiger partial charge in [0.2, 0.25) is 5.91 Å². The van der Waals surface area contributed by atoms with Gasteiger partial charge in [-0.25, -0.2) is 0 Å². The topological polar surface area (TPSA) is 32.3 Å². The Hall–Kier alpha value is -0.830. The Morgan fingerprint density at radius 3 is 2.56 bits per heavy atom. The van der Waals surface area contributed by atoms with Gasteiger partial charge in [0.25, 0.3) is 0 Å². The second-order valence-corrected chi connectivity index (χ2v) is 4.79. The highest BCUT2D eigenvalue weighted by Gasteiger charge is 2.28. The fraction of sp³-hybridized carbons (Fsp3) is 0.769. The van der Waals surface area contributed by atoms with Crippen LogP contribution in [-0.2, 0) is 4.79 Å². The third-order valence-electron chi connectivity index (χ3n) is 3.16. The molecule has 0 aromatic rings. The average Bonchev–Trinajstić information content (AvgIpc) is 2.27. The molecular formula is C13H24N2O. The van der Waals surface area contributed by atoms with E-state index in [0.717, 1.165) is 31.5 Å². The lowest BCUT2D eigenvalue weighted by Crippen LogP contribution is -2.57. The monoisotopic (exact) mass is 224 g/mol. The second kappa shape index (κ2) is 6.04. The molecule has 3 nitrogen and oxygen atoms in total. The number of carbonyl (C=O) groups excluding carboxylic acids is 1. The van der Waals surface area contributed by atoms with Gasteiger partial charge in [-0.15, -0.1) is 0 Å². The highest BCUT2D eigenvalue weighted by atomic mass is 16.2. The van der Waals surface area contributed by atoms with Gasteiger partial charge in [0, 0.05) is 31.2 Å². The maximum atomic E-state index is 12.1. The standard InChI is InChI=1S/C13H24N2O/c1-5-11-9-15(12(6-2)8-14-11)13(16)7-10(3)4/h7,11-12,14H,5-6,8-9H2,1-4H3. The van der Waals surface area contributed by atoms with Crippen molar-refractivity contribution in [3.8, 4) is 0 Å². The van der Waals surface area contributed by atoms with Crippen molar-refractivity contribution in [3.05, 3.63) is 11.6 Å². The van der Waals surface area contributed by atoms with Gasteiger partial charge < -0.3 is 10.2 Å². The van der Waals surface area contributed by atoms with Crippen molar-refractivity contribution in [1.82, 2.24) is 10.2 Å². The quantitative estimate of drug-likeness (QED) is 0.743. The van der Waals surface area contributed by atoms with E-state index in [2.05, 4.69) is 19.2 Å². The zero-order valence-corrected chi connectivity index (χ0v) is 10.9. The molecule has 1 saturated heterocycles. The molecule has 1 rings (SSSR count). The van der Waals surface area contributed by atoms with Crippen LogP contribution in [0.1, 0.15) is 40.5 Å². The fourth-order valence-corrected chi connectivity index (χ4v) is 2.10. The minimum absolute atomic E-state index is 0.173. The van der Waals surface area contributed by atoms with Crippen LogP contribution in [0.2, 0.25) is 0 Å². The number of piperazine rings is 1. The van der Waals surface area contributed by atoms with Crippen molar-refractivity contribution in [3.63, 3.8) is 0 Å². The maximum absolute atomic E-state index is 12.1. The molecule has 16 heavy (non-hydrogen) atoms. The maximum Gasteiger partial charge on any atom is 0.246 e. The number of hydrogen-bond donors (Lipinski definition) is 1. The molecule has 3 heteroatoms. The van der Waals surface area contributed by atoms with Gasteiger partial charge in [0.05, 0.1) is 0 Å². The minimum atomic E-state index is 0.173. The van der Waals surface area contributed by atoms with Crippen LogP contribution >= 0.6 is 0 Å². The van der Waals surface area contributed by atoms with E-state index < -0.39 is 0 Å². The summed E-state index contributed by atoms with van der Waals surface area (Å²) >= 11 is 0. The van der Waals surface area contributed by atoms with Crippen LogP contribution in [0, 0.1) is 0 Å². The number of rotatable bonds is 3. The van der Waals surface area contributed by atoms with Crippen LogP contribution < -0.4 is 5.32 Å². The van der Waals surface area contributed by atoms with Crippen LogP contribution in [0.3, 0.4) is 0 Å². The molecule has 0 radical (unpaired) electrons. The highest BCUT2D eigenvalue weighted by molar-refractivity contribution is 5.88. The normalized spacial score (nSPS) is 25.4. The molecule has 0 bridgehead atoms. The van der Waals surface area contributed by atoms with Crippen LogP contribution in [0.25, 0.3) is 0 Å². The summed E-state index contributed by atoms with van der Waals surface area (Å²) in [5.41, 5.74) is 1.08. The first-order valence-electron chi connectivity index (χ1n) is 6.27. The molecule has 0 spiro atoms. The SMILES string of the molecule is CCC1CN(C(=O)C=C(C)C)C(CC)CN1. The summed E-state index contributed by atoms with van der Waals surface area (Å²) in [5.74, 6) is 0.173. The van der Waals surface area contributed by atoms with Crippen LogP contribution in [0.5, 0.6) is 0 Å². The first kappa shape index (κ1) is 13.2. The molecule has 0 saturated carbocycles. The zero-order chi connectivity index (χ0) is 12.1. The Morgan fingerprint density at radius 2 is 2.06 bits per heavy atom. The fourth-order valence-electron chi connectivity index (χ4n) is 2.10. The number of carbonyl (C=O) groups is 1. The predicted molar refractivity (Wildman–Crippen MR) is 67.3 cm³/mol. The Labute approximate surface area is 98.9 Å². The molecule has 92 valence electrons. The van der Waals surface area contributed by atoms with Gasteiger partial charge in [0.1, 0.15) is 0 Å². The molecule has 1 aliphatic heterocycles. The third kappa shape index (κ3) is 3.34.